The highest BCUT2D eigenvalue weighted by Crippen LogP contribution is 2.19. The topological polar surface area (TPSA) is 72.7 Å². The van der Waals surface area contributed by atoms with Crippen LogP contribution in [0.25, 0.3) is 0 Å². The van der Waals surface area contributed by atoms with E-state index in [1.54, 1.807) is 6.92 Å². The van der Waals surface area contributed by atoms with Crippen molar-refractivity contribution in [3.8, 4) is 0 Å². The lowest BCUT2D eigenvalue weighted by Gasteiger charge is -2.20. The van der Waals surface area contributed by atoms with Gasteiger partial charge in [0.1, 0.15) is 0 Å². The predicted molar refractivity (Wildman–Crippen MR) is 71.1 cm³/mol. The third-order valence-electron chi connectivity index (χ3n) is 2.77. The molecule has 110 valence electrons. The Labute approximate surface area is 116 Å². The second-order valence-corrected chi connectivity index (χ2v) is 4.01. The molecular weight excluding hydrogens is 267 g/mol. The van der Waals surface area contributed by atoms with E-state index in [9.17, 15) is 19.3 Å². The molecule has 6 nitrogen and oxygen atoms in total. The molecule has 0 atom stereocenters. The fourth-order valence-corrected chi connectivity index (χ4v) is 1.69. The molecule has 1 aromatic rings. The quantitative estimate of drug-likeness (QED) is 0.437. The van der Waals surface area contributed by atoms with Crippen molar-refractivity contribution in [2.45, 2.75) is 13.8 Å². The zero-order valence-corrected chi connectivity index (χ0v) is 11.5. The van der Waals surface area contributed by atoms with Crippen molar-refractivity contribution in [2.24, 2.45) is 0 Å². The Morgan fingerprint density at radius 2 is 2.15 bits per heavy atom. The highest BCUT2D eigenvalue weighted by atomic mass is 19.1. The van der Waals surface area contributed by atoms with Gasteiger partial charge in [0.15, 0.2) is 0 Å². The Bertz CT molecular complexity index is 493. The first-order valence-electron chi connectivity index (χ1n) is 6.32. The summed E-state index contributed by atoms with van der Waals surface area (Å²) in [4.78, 5) is 23.5. The number of nitro groups is 1. The molecule has 0 aliphatic heterocycles. The molecule has 0 radical (unpaired) electrons. The summed E-state index contributed by atoms with van der Waals surface area (Å²) in [5.74, 6) is -1.33. The molecule has 0 spiro atoms. The molecule has 1 amide bonds. The summed E-state index contributed by atoms with van der Waals surface area (Å²) < 4.78 is 18.4. The number of carbonyl (C=O) groups excluding carboxylic acids is 1. The number of hydrogen-bond acceptors (Lipinski definition) is 4. The molecule has 1 rings (SSSR count). The monoisotopic (exact) mass is 284 g/mol. The zero-order chi connectivity index (χ0) is 15.1. The van der Waals surface area contributed by atoms with E-state index in [-0.39, 0.29) is 11.5 Å². The number of ether oxygens (including phenoxy) is 1. The molecule has 20 heavy (non-hydrogen) atoms. The Morgan fingerprint density at radius 1 is 1.45 bits per heavy atom. The zero-order valence-electron chi connectivity index (χ0n) is 11.5. The minimum Gasteiger partial charge on any atom is -0.380 e. The first-order valence-corrected chi connectivity index (χ1v) is 6.32. The van der Waals surface area contributed by atoms with E-state index < -0.39 is 16.4 Å². The van der Waals surface area contributed by atoms with Crippen LogP contribution in [0.2, 0.25) is 0 Å². The van der Waals surface area contributed by atoms with Crippen LogP contribution in [0.3, 0.4) is 0 Å². The smallest absolute Gasteiger partial charge is 0.305 e. The standard InChI is InChI=1S/C13H17FN2O4/c1-3-15(7-8-20-4-2)13(17)10-5-6-11(14)12(9-10)16(18)19/h5-6,9H,3-4,7-8H2,1-2H3. The molecule has 0 unspecified atom stereocenters. The number of rotatable bonds is 7. The van der Waals surface area contributed by atoms with E-state index in [0.717, 1.165) is 12.1 Å². The number of nitro benzene ring substituents is 1. The number of nitrogens with zero attached hydrogens (tertiary/aromatic N) is 2. The van der Waals surface area contributed by atoms with Crippen LogP contribution in [0.15, 0.2) is 18.2 Å². The third kappa shape index (κ3) is 3.99. The number of amides is 1. The van der Waals surface area contributed by atoms with Crippen molar-refractivity contribution in [2.75, 3.05) is 26.3 Å². The van der Waals surface area contributed by atoms with Gasteiger partial charge in [-0.05, 0) is 26.0 Å². The molecule has 0 saturated heterocycles. The highest BCUT2D eigenvalue weighted by Gasteiger charge is 2.20. The molecule has 0 aliphatic rings. The number of hydrogen-bond donors (Lipinski definition) is 0. The summed E-state index contributed by atoms with van der Waals surface area (Å²) in [5, 5.41) is 10.7. The van der Waals surface area contributed by atoms with Gasteiger partial charge in [-0.25, -0.2) is 0 Å². The van der Waals surface area contributed by atoms with Crippen molar-refractivity contribution < 1.29 is 18.8 Å². The van der Waals surface area contributed by atoms with E-state index in [2.05, 4.69) is 0 Å². The van der Waals surface area contributed by atoms with Gasteiger partial charge in [0, 0.05) is 31.3 Å². The largest absolute Gasteiger partial charge is 0.380 e. The van der Waals surface area contributed by atoms with E-state index in [4.69, 9.17) is 4.74 Å². The summed E-state index contributed by atoms with van der Waals surface area (Å²) >= 11 is 0. The third-order valence-corrected chi connectivity index (χ3v) is 2.77. The molecule has 7 heteroatoms. The summed E-state index contributed by atoms with van der Waals surface area (Å²) in [7, 11) is 0. The van der Waals surface area contributed by atoms with E-state index in [1.807, 2.05) is 6.92 Å². The molecule has 0 aliphatic carbocycles. The molecule has 0 heterocycles. The van der Waals surface area contributed by atoms with Crippen LogP contribution in [-0.2, 0) is 4.74 Å². The Hall–Kier alpha value is -2.02. The van der Waals surface area contributed by atoms with E-state index >= 15 is 0 Å². The molecule has 1 aromatic carbocycles. The van der Waals surface area contributed by atoms with Crippen molar-refractivity contribution in [3.05, 3.63) is 39.7 Å². The van der Waals surface area contributed by atoms with Crippen molar-refractivity contribution in [1.82, 2.24) is 4.90 Å². The minimum atomic E-state index is -0.955. The summed E-state index contributed by atoms with van der Waals surface area (Å²) in [6.45, 7) is 5.40. The van der Waals surface area contributed by atoms with Gasteiger partial charge < -0.3 is 9.64 Å². The molecule has 0 aromatic heterocycles. The maximum absolute atomic E-state index is 13.2. The van der Waals surface area contributed by atoms with Crippen molar-refractivity contribution in [3.63, 3.8) is 0 Å². The van der Waals surface area contributed by atoms with Crippen molar-refractivity contribution in [1.29, 1.82) is 0 Å². The van der Waals surface area contributed by atoms with Crippen molar-refractivity contribution >= 4 is 11.6 Å². The van der Waals surface area contributed by atoms with Gasteiger partial charge in [0.25, 0.3) is 5.91 Å². The fourth-order valence-electron chi connectivity index (χ4n) is 1.69. The van der Waals surface area contributed by atoms with Gasteiger partial charge in [-0.1, -0.05) is 0 Å². The van der Waals surface area contributed by atoms with Gasteiger partial charge >= 0.3 is 5.69 Å². The molecule has 0 saturated carbocycles. The summed E-state index contributed by atoms with van der Waals surface area (Å²) in [5.41, 5.74) is -0.604. The van der Waals surface area contributed by atoms with Crippen LogP contribution in [0, 0.1) is 15.9 Å². The van der Waals surface area contributed by atoms with Gasteiger partial charge in [-0.15, -0.1) is 0 Å². The number of benzene rings is 1. The minimum absolute atomic E-state index is 0.0939. The lowest BCUT2D eigenvalue weighted by Crippen LogP contribution is -2.33. The highest BCUT2D eigenvalue weighted by molar-refractivity contribution is 5.94. The number of halogens is 1. The summed E-state index contributed by atoms with van der Waals surface area (Å²) in [6.07, 6.45) is 0. The lowest BCUT2D eigenvalue weighted by atomic mass is 10.1. The van der Waals surface area contributed by atoms with E-state index in [1.165, 1.54) is 11.0 Å². The normalized spacial score (nSPS) is 10.3. The second kappa shape index (κ2) is 7.54. The SMILES string of the molecule is CCOCCN(CC)C(=O)c1ccc(F)c([N+](=O)[O-])c1. The summed E-state index contributed by atoms with van der Waals surface area (Å²) in [6, 6.07) is 3.14. The lowest BCUT2D eigenvalue weighted by molar-refractivity contribution is -0.387. The van der Waals surface area contributed by atoms with Crippen LogP contribution in [0.4, 0.5) is 10.1 Å². The number of carbonyl (C=O) groups is 1. The molecular formula is C13H17FN2O4. The van der Waals surface area contributed by atoms with E-state index in [0.29, 0.717) is 26.3 Å². The predicted octanol–water partition coefficient (Wildman–Crippen LogP) is 2.23. The number of likely N-dealkylation sites (N-methyl/N-ethyl adjacent to an activating group) is 1. The Kier molecular flexibility index (Phi) is 6.05. The maximum atomic E-state index is 13.2. The first-order chi connectivity index (χ1) is 9.51. The van der Waals surface area contributed by atoms with Gasteiger partial charge in [-0.2, -0.15) is 4.39 Å². The van der Waals surface area contributed by atoms with Gasteiger partial charge in [-0.3, -0.25) is 14.9 Å². The van der Waals surface area contributed by atoms with Gasteiger partial charge in [0.2, 0.25) is 5.82 Å². The second-order valence-electron chi connectivity index (χ2n) is 4.01. The molecule has 0 N–H and O–H groups in total. The molecule has 0 fully saturated rings. The maximum Gasteiger partial charge on any atom is 0.305 e. The van der Waals surface area contributed by atoms with Gasteiger partial charge in [0.05, 0.1) is 11.5 Å². The average molecular weight is 284 g/mol. The first kappa shape index (κ1) is 16.0. The van der Waals surface area contributed by atoms with Crippen LogP contribution >= 0.6 is 0 Å². The Balaban J connectivity index is 2.89. The van der Waals surface area contributed by atoms with Crippen LogP contribution in [-0.4, -0.2) is 42.0 Å². The van der Waals surface area contributed by atoms with Crippen LogP contribution in [0.5, 0.6) is 0 Å². The Morgan fingerprint density at radius 3 is 2.70 bits per heavy atom. The van der Waals surface area contributed by atoms with Crippen LogP contribution < -0.4 is 0 Å². The molecule has 0 bridgehead atoms. The van der Waals surface area contributed by atoms with Crippen LogP contribution in [0.1, 0.15) is 24.2 Å². The fraction of sp³-hybridized carbons (Fsp3) is 0.462. The average Bonchev–Trinajstić information content (AvgIpc) is 2.43.